The van der Waals surface area contributed by atoms with Crippen LogP contribution >= 0.6 is 0 Å². The Bertz CT molecular complexity index is 604. The summed E-state index contributed by atoms with van der Waals surface area (Å²) in [4.78, 5) is 25.8. The van der Waals surface area contributed by atoms with Crippen molar-refractivity contribution < 1.29 is 18.7 Å². The lowest BCUT2D eigenvalue weighted by atomic mass is 10.1. The minimum Gasteiger partial charge on any atom is -0.464 e. The van der Waals surface area contributed by atoms with E-state index in [4.69, 9.17) is 0 Å². The van der Waals surface area contributed by atoms with E-state index in [1.54, 1.807) is 0 Å². The number of esters is 1. The van der Waals surface area contributed by atoms with Gasteiger partial charge in [0.2, 0.25) is 0 Å². The normalized spacial score (nSPS) is 10.1. The lowest BCUT2D eigenvalue weighted by molar-refractivity contribution is 0.0595. The molecule has 0 aliphatic heterocycles. The summed E-state index contributed by atoms with van der Waals surface area (Å²) >= 11 is 0. The third-order valence-corrected chi connectivity index (χ3v) is 2.44. The van der Waals surface area contributed by atoms with E-state index < -0.39 is 11.8 Å². The lowest BCUT2D eigenvalue weighted by Gasteiger charge is -1.97. The maximum atomic E-state index is 13.0. The van der Waals surface area contributed by atoms with Crippen molar-refractivity contribution in [3.05, 3.63) is 59.2 Å². The molecular formula is C13H10FNO3. The van der Waals surface area contributed by atoms with E-state index in [1.165, 1.54) is 37.6 Å². The first-order valence-electron chi connectivity index (χ1n) is 5.19. The van der Waals surface area contributed by atoms with Crippen molar-refractivity contribution in [2.45, 2.75) is 0 Å². The Morgan fingerprint density at radius 1 is 1.22 bits per heavy atom. The van der Waals surface area contributed by atoms with Crippen molar-refractivity contribution in [1.29, 1.82) is 0 Å². The van der Waals surface area contributed by atoms with E-state index in [-0.39, 0.29) is 22.6 Å². The third-order valence-electron chi connectivity index (χ3n) is 2.44. The van der Waals surface area contributed by atoms with Crippen LogP contribution in [0.5, 0.6) is 0 Å². The van der Waals surface area contributed by atoms with Gasteiger partial charge in [-0.1, -0.05) is 12.1 Å². The van der Waals surface area contributed by atoms with E-state index >= 15 is 0 Å². The predicted molar refractivity (Wildman–Crippen MR) is 62.0 cm³/mol. The molecule has 1 aromatic carbocycles. The molecule has 1 aromatic heterocycles. The van der Waals surface area contributed by atoms with Crippen molar-refractivity contribution >= 4 is 11.8 Å². The van der Waals surface area contributed by atoms with Crippen LogP contribution in [0.2, 0.25) is 0 Å². The number of carbonyl (C=O) groups is 2. The molecule has 0 bridgehead atoms. The maximum Gasteiger partial charge on any atom is 0.354 e. The van der Waals surface area contributed by atoms with Crippen LogP contribution in [0.25, 0.3) is 0 Å². The zero-order valence-corrected chi connectivity index (χ0v) is 9.57. The number of H-pyrrole nitrogens is 1. The fourth-order valence-electron chi connectivity index (χ4n) is 1.55. The van der Waals surface area contributed by atoms with Crippen molar-refractivity contribution in [2.24, 2.45) is 0 Å². The molecule has 0 saturated heterocycles. The van der Waals surface area contributed by atoms with Crippen molar-refractivity contribution in [2.75, 3.05) is 7.11 Å². The van der Waals surface area contributed by atoms with Crippen LogP contribution in [0.15, 0.2) is 36.5 Å². The summed E-state index contributed by atoms with van der Waals surface area (Å²) in [7, 11) is 1.25. The first-order valence-corrected chi connectivity index (χ1v) is 5.19. The van der Waals surface area contributed by atoms with E-state index in [0.717, 1.165) is 6.07 Å². The highest BCUT2D eigenvalue weighted by molar-refractivity contribution is 6.09. The number of carbonyl (C=O) groups excluding carboxylic acids is 2. The second-order valence-corrected chi connectivity index (χ2v) is 3.63. The van der Waals surface area contributed by atoms with E-state index in [0.29, 0.717) is 0 Å². The molecule has 1 N–H and O–H groups in total. The second-order valence-electron chi connectivity index (χ2n) is 3.63. The number of benzene rings is 1. The molecule has 0 radical (unpaired) electrons. The number of nitrogens with one attached hydrogen (secondary N) is 1. The quantitative estimate of drug-likeness (QED) is 0.668. The standard InChI is InChI=1S/C13H10FNO3/c1-18-13(17)11-6-9(7-15-11)12(16)8-3-2-4-10(14)5-8/h2-7,15H,1H3. The summed E-state index contributed by atoms with van der Waals surface area (Å²) in [6.07, 6.45) is 1.39. The Morgan fingerprint density at radius 3 is 2.67 bits per heavy atom. The molecule has 0 unspecified atom stereocenters. The highest BCUT2D eigenvalue weighted by atomic mass is 19.1. The minimum atomic E-state index is -0.562. The monoisotopic (exact) mass is 247 g/mol. The third kappa shape index (κ3) is 2.29. The fraction of sp³-hybridized carbons (Fsp3) is 0.0769. The molecule has 92 valence electrons. The first-order chi connectivity index (χ1) is 8.61. The van der Waals surface area contributed by atoms with Gasteiger partial charge in [-0.25, -0.2) is 9.18 Å². The van der Waals surface area contributed by atoms with Crippen molar-refractivity contribution in [3.8, 4) is 0 Å². The van der Waals surface area contributed by atoms with Gasteiger partial charge in [0, 0.05) is 17.3 Å². The fourth-order valence-corrected chi connectivity index (χ4v) is 1.55. The second kappa shape index (κ2) is 4.83. The van der Waals surface area contributed by atoms with Gasteiger partial charge in [-0.2, -0.15) is 0 Å². The largest absolute Gasteiger partial charge is 0.464 e. The molecule has 0 aliphatic carbocycles. The number of halogens is 1. The van der Waals surface area contributed by atoms with Crippen LogP contribution in [0, 0.1) is 5.82 Å². The summed E-state index contributed by atoms with van der Waals surface area (Å²) in [5, 5.41) is 0. The number of hydrogen-bond acceptors (Lipinski definition) is 3. The molecular weight excluding hydrogens is 237 g/mol. The topological polar surface area (TPSA) is 59.2 Å². The van der Waals surface area contributed by atoms with Crippen LogP contribution in [0.3, 0.4) is 0 Å². The van der Waals surface area contributed by atoms with Crippen LogP contribution in [-0.2, 0) is 4.74 Å². The molecule has 4 nitrogen and oxygen atoms in total. The summed E-state index contributed by atoms with van der Waals surface area (Å²) < 4.78 is 17.5. The number of rotatable bonds is 3. The number of aromatic amines is 1. The average molecular weight is 247 g/mol. The van der Waals surface area contributed by atoms with Gasteiger partial charge in [-0.3, -0.25) is 4.79 Å². The molecule has 0 atom stereocenters. The predicted octanol–water partition coefficient (Wildman–Crippen LogP) is 2.17. The number of ether oxygens (including phenoxy) is 1. The highest BCUT2D eigenvalue weighted by Gasteiger charge is 2.15. The molecule has 0 aliphatic rings. The van der Waals surface area contributed by atoms with Crippen LogP contribution in [0.1, 0.15) is 26.4 Å². The van der Waals surface area contributed by atoms with Gasteiger partial charge in [0.05, 0.1) is 7.11 Å². The van der Waals surface area contributed by atoms with Gasteiger partial charge in [-0.05, 0) is 18.2 Å². The Labute approximate surface area is 102 Å². The van der Waals surface area contributed by atoms with Crippen molar-refractivity contribution in [1.82, 2.24) is 4.98 Å². The summed E-state index contributed by atoms with van der Waals surface area (Å²) in [6.45, 7) is 0. The maximum absolute atomic E-state index is 13.0. The number of aromatic nitrogens is 1. The molecule has 2 rings (SSSR count). The number of hydrogen-bond donors (Lipinski definition) is 1. The Balaban J connectivity index is 2.29. The SMILES string of the molecule is COC(=O)c1cc(C(=O)c2cccc(F)c2)c[nH]1. The average Bonchev–Trinajstić information content (AvgIpc) is 2.86. The number of ketones is 1. The van der Waals surface area contributed by atoms with Gasteiger partial charge in [0.1, 0.15) is 11.5 Å². The summed E-state index contributed by atoms with van der Waals surface area (Å²) in [5.74, 6) is -1.40. The zero-order chi connectivity index (χ0) is 13.1. The molecule has 5 heteroatoms. The first kappa shape index (κ1) is 12.0. The van der Waals surface area contributed by atoms with Gasteiger partial charge < -0.3 is 9.72 Å². The van der Waals surface area contributed by atoms with E-state index in [2.05, 4.69) is 9.72 Å². The van der Waals surface area contributed by atoms with Crippen molar-refractivity contribution in [3.63, 3.8) is 0 Å². The molecule has 2 aromatic rings. The van der Waals surface area contributed by atoms with Crippen LogP contribution < -0.4 is 0 Å². The summed E-state index contributed by atoms with van der Waals surface area (Å²) in [5.41, 5.74) is 0.684. The molecule has 0 fully saturated rings. The Hall–Kier alpha value is -2.43. The zero-order valence-electron chi connectivity index (χ0n) is 9.57. The molecule has 18 heavy (non-hydrogen) atoms. The van der Waals surface area contributed by atoms with Gasteiger partial charge >= 0.3 is 5.97 Å². The molecule has 1 heterocycles. The number of methoxy groups -OCH3 is 1. The summed E-state index contributed by atoms with van der Waals surface area (Å²) in [6, 6.07) is 6.74. The Kier molecular flexibility index (Phi) is 3.23. The van der Waals surface area contributed by atoms with Gasteiger partial charge in [0.15, 0.2) is 5.78 Å². The molecule has 0 spiro atoms. The van der Waals surface area contributed by atoms with Crippen LogP contribution in [-0.4, -0.2) is 23.8 Å². The van der Waals surface area contributed by atoms with E-state index in [1.807, 2.05) is 0 Å². The smallest absolute Gasteiger partial charge is 0.354 e. The van der Waals surface area contributed by atoms with Crippen LogP contribution in [0.4, 0.5) is 4.39 Å². The minimum absolute atomic E-state index is 0.178. The van der Waals surface area contributed by atoms with Gasteiger partial charge in [-0.15, -0.1) is 0 Å². The molecule has 0 amide bonds. The Morgan fingerprint density at radius 2 is 2.00 bits per heavy atom. The highest BCUT2D eigenvalue weighted by Crippen LogP contribution is 2.13. The van der Waals surface area contributed by atoms with E-state index in [9.17, 15) is 14.0 Å². The lowest BCUT2D eigenvalue weighted by Crippen LogP contribution is -2.02. The van der Waals surface area contributed by atoms with Gasteiger partial charge in [0.25, 0.3) is 0 Å². The molecule has 0 saturated carbocycles.